The van der Waals surface area contributed by atoms with E-state index in [0.29, 0.717) is 5.69 Å². The van der Waals surface area contributed by atoms with Crippen molar-refractivity contribution in [1.29, 1.82) is 0 Å². The summed E-state index contributed by atoms with van der Waals surface area (Å²) in [6.45, 7) is 0. The van der Waals surface area contributed by atoms with E-state index in [1.807, 2.05) is 29.6 Å². The minimum Gasteiger partial charge on any atom is -0.326 e. The van der Waals surface area contributed by atoms with Crippen LogP contribution in [0.5, 0.6) is 0 Å². The van der Waals surface area contributed by atoms with Gasteiger partial charge in [-0.25, -0.2) is 9.89 Å². The highest BCUT2D eigenvalue weighted by Crippen LogP contribution is 2.24. The van der Waals surface area contributed by atoms with Gasteiger partial charge in [0.25, 0.3) is 5.56 Å². The maximum Gasteiger partial charge on any atom is 0.342 e. The van der Waals surface area contributed by atoms with Gasteiger partial charge in [-0.15, -0.1) is 11.3 Å². The number of rotatable bonds is 4. The Labute approximate surface area is 128 Å². The fraction of sp³-hybridized carbons (Fsp3) is 0.143. The SMILES string of the molecule is O=C(CCc1n[nH]c(=O)[nH]c1=O)Nc1ccc2sccc2c1. The van der Waals surface area contributed by atoms with Crippen LogP contribution in [0.3, 0.4) is 0 Å². The summed E-state index contributed by atoms with van der Waals surface area (Å²) >= 11 is 1.64. The van der Waals surface area contributed by atoms with Gasteiger partial charge in [0.15, 0.2) is 0 Å². The predicted molar refractivity (Wildman–Crippen MR) is 84.3 cm³/mol. The van der Waals surface area contributed by atoms with Gasteiger partial charge in [-0.2, -0.15) is 5.10 Å². The first-order valence-corrected chi connectivity index (χ1v) is 7.45. The number of hydrogen-bond donors (Lipinski definition) is 3. The summed E-state index contributed by atoms with van der Waals surface area (Å²) in [6, 6.07) is 7.67. The van der Waals surface area contributed by atoms with Gasteiger partial charge in [-0.05, 0) is 35.0 Å². The van der Waals surface area contributed by atoms with Crippen molar-refractivity contribution in [3.8, 4) is 0 Å². The number of aryl methyl sites for hydroxylation is 1. The third-order valence-electron chi connectivity index (χ3n) is 3.11. The lowest BCUT2D eigenvalue weighted by molar-refractivity contribution is -0.116. The third kappa shape index (κ3) is 3.12. The fourth-order valence-electron chi connectivity index (χ4n) is 2.04. The summed E-state index contributed by atoms with van der Waals surface area (Å²) < 4.78 is 1.15. The number of nitrogens with zero attached hydrogens (tertiary/aromatic N) is 1. The number of thiophene rings is 1. The molecule has 0 aliphatic carbocycles. The molecule has 3 aromatic rings. The molecule has 0 spiro atoms. The number of nitrogens with one attached hydrogen (secondary N) is 3. The van der Waals surface area contributed by atoms with E-state index < -0.39 is 11.2 Å². The van der Waals surface area contributed by atoms with Crippen LogP contribution in [-0.4, -0.2) is 21.1 Å². The minimum absolute atomic E-state index is 0.101. The molecule has 1 amide bonds. The molecule has 1 aromatic carbocycles. The normalized spacial score (nSPS) is 10.7. The Morgan fingerprint density at radius 3 is 2.95 bits per heavy atom. The number of aromatic nitrogens is 3. The van der Waals surface area contributed by atoms with Crippen molar-refractivity contribution in [3.63, 3.8) is 0 Å². The summed E-state index contributed by atoms with van der Waals surface area (Å²) in [7, 11) is 0. The van der Waals surface area contributed by atoms with Crippen molar-refractivity contribution < 1.29 is 4.79 Å². The molecule has 0 fully saturated rings. The van der Waals surface area contributed by atoms with Crippen LogP contribution >= 0.6 is 11.3 Å². The maximum absolute atomic E-state index is 11.9. The van der Waals surface area contributed by atoms with Gasteiger partial charge in [0, 0.05) is 23.2 Å². The highest BCUT2D eigenvalue weighted by atomic mass is 32.1. The molecular weight excluding hydrogens is 304 g/mol. The van der Waals surface area contributed by atoms with E-state index in [9.17, 15) is 14.4 Å². The summed E-state index contributed by atoms with van der Waals surface area (Å²) in [5.41, 5.74) is -0.402. The van der Waals surface area contributed by atoms with Gasteiger partial charge >= 0.3 is 5.69 Å². The molecule has 0 aliphatic heterocycles. The number of anilines is 1. The zero-order valence-electron chi connectivity index (χ0n) is 11.4. The number of aromatic amines is 2. The molecule has 2 heterocycles. The number of carbonyl (C=O) groups is 1. The summed E-state index contributed by atoms with van der Waals surface area (Å²) in [4.78, 5) is 36.3. The largest absolute Gasteiger partial charge is 0.342 e. The molecule has 0 aliphatic rings. The Balaban J connectivity index is 1.64. The topological polar surface area (TPSA) is 108 Å². The Morgan fingerprint density at radius 2 is 2.14 bits per heavy atom. The van der Waals surface area contributed by atoms with Gasteiger partial charge in [0.2, 0.25) is 5.91 Å². The zero-order chi connectivity index (χ0) is 15.5. The Hall–Kier alpha value is -2.74. The average Bonchev–Trinajstić information content (AvgIpc) is 2.94. The van der Waals surface area contributed by atoms with Gasteiger partial charge in [-0.1, -0.05) is 0 Å². The Bertz CT molecular complexity index is 941. The molecule has 7 nitrogen and oxygen atoms in total. The summed E-state index contributed by atoms with van der Waals surface area (Å²) in [5, 5.41) is 11.6. The van der Waals surface area contributed by atoms with Crippen LogP contribution < -0.4 is 16.6 Å². The molecule has 0 saturated heterocycles. The number of benzene rings is 1. The van der Waals surface area contributed by atoms with Crippen LogP contribution in [0, 0.1) is 0 Å². The van der Waals surface area contributed by atoms with Crippen LogP contribution in [0.2, 0.25) is 0 Å². The first-order chi connectivity index (χ1) is 10.6. The fourth-order valence-corrected chi connectivity index (χ4v) is 2.81. The minimum atomic E-state index is -0.665. The van der Waals surface area contributed by atoms with Crippen molar-refractivity contribution in [2.45, 2.75) is 12.8 Å². The summed E-state index contributed by atoms with van der Waals surface area (Å²) in [5.74, 6) is -0.220. The second kappa shape index (κ2) is 5.94. The lowest BCUT2D eigenvalue weighted by Crippen LogP contribution is -2.28. The molecule has 0 atom stereocenters. The first-order valence-electron chi connectivity index (χ1n) is 6.57. The highest BCUT2D eigenvalue weighted by molar-refractivity contribution is 7.17. The molecule has 0 unspecified atom stereocenters. The van der Waals surface area contributed by atoms with E-state index in [2.05, 4.69) is 20.5 Å². The Morgan fingerprint density at radius 1 is 1.27 bits per heavy atom. The van der Waals surface area contributed by atoms with Crippen LogP contribution in [0.1, 0.15) is 12.1 Å². The van der Waals surface area contributed by atoms with Gasteiger partial charge in [0.05, 0.1) is 0 Å². The number of amides is 1. The van der Waals surface area contributed by atoms with Crippen molar-refractivity contribution in [2.75, 3.05) is 5.32 Å². The second-order valence-corrected chi connectivity index (χ2v) is 5.62. The second-order valence-electron chi connectivity index (χ2n) is 4.67. The van der Waals surface area contributed by atoms with Crippen molar-refractivity contribution in [2.24, 2.45) is 0 Å². The zero-order valence-corrected chi connectivity index (χ0v) is 12.2. The molecule has 22 heavy (non-hydrogen) atoms. The first kappa shape index (κ1) is 14.2. The number of carbonyl (C=O) groups excluding carboxylic acids is 1. The third-order valence-corrected chi connectivity index (χ3v) is 4.00. The van der Waals surface area contributed by atoms with Crippen molar-refractivity contribution in [3.05, 3.63) is 56.2 Å². The molecule has 0 saturated carbocycles. The smallest absolute Gasteiger partial charge is 0.326 e. The van der Waals surface area contributed by atoms with Gasteiger partial charge in [0.1, 0.15) is 5.69 Å². The van der Waals surface area contributed by atoms with E-state index in [4.69, 9.17) is 0 Å². The molecule has 3 N–H and O–H groups in total. The van der Waals surface area contributed by atoms with E-state index in [1.54, 1.807) is 11.3 Å². The number of hydrogen-bond acceptors (Lipinski definition) is 5. The Kier molecular flexibility index (Phi) is 3.84. The molecule has 3 rings (SSSR count). The van der Waals surface area contributed by atoms with E-state index in [-0.39, 0.29) is 24.4 Å². The molecule has 8 heteroatoms. The maximum atomic E-state index is 11.9. The van der Waals surface area contributed by atoms with E-state index in [0.717, 1.165) is 10.1 Å². The molecule has 112 valence electrons. The van der Waals surface area contributed by atoms with Crippen LogP contribution in [-0.2, 0) is 11.2 Å². The van der Waals surface area contributed by atoms with E-state index in [1.165, 1.54) is 0 Å². The van der Waals surface area contributed by atoms with Crippen molar-refractivity contribution in [1.82, 2.24) is 15.2 Å². The number of fused-ring (bicyclic) bond motifs is 1. The van der Waals surface area contributed by atoms with Crippen LogP contribution in [0.25, 0.3) is 10.1 Å². The predicted octanol–water partition coefficient (Wildman–Crippen LogP) is 1.24. The lowest BCUT2D eigenvalue weighted by Gasteiger charge is -2.05. The molecular formula is C14H12N4O3S. The molecule has 0 radical (unpaired) electrons. The average molecular weight is 316 g/mol. The van der Waals surface area contributed by atoms with Gasteiger partial charge < -0.3 is 5.32 Å². The number of H-pyrrole nitrogens is 2. The quantitative estimate of drug-likeness (QED) is 0.673. The monoisotopic (exact) mass is 316 g/mol. The van der Waals surface area contributed by atoms with Crippen molar-refractivity contribution >= 4 is 33.0 Å². The highest BCUT2D eigenvalue weighted by Gasteiger charge is 2.08. The van der Waals surface area contributed by atoms with E-state index >= 15 is 0 Å². The molecule has 0 bridgehead atoms. The summed E-state index contributed by atoms with van der Waals surface area (Å²) in [6.07, 6.45) is 0.252. The molecule has 2 aromatic heterocycles. The van der Waals surface area contributed by atoms with Crippen LogP contribution in [0.15, 0.2) is 39.2 Å². The van der Waals surface area contributed by atoms with Gasteiger partial charge in [-0.3, -0.25) is 14.6 Å². The lowest BCUT2D eigenvalue weighted by atomic mass is 10.2. The van der Waals surface area contributed by atoms with Crippen LogP contribution in [0.4, 0.5) is 5.69 Å². The standard InChI is InChI=1S/C14H12N4O3S/c19-12(4-2-10-13(20)16-14(21)18-17-10)15-9-1-3-11-8(7-9)5-6-22-11/h1,3,5-7H,2,4H2,(H,15,19)(H2,16,18,20,21).